The molecule has 4 fully saturated rings. The van der Waals surface area contributed by atoms with Gasteiger partial charge in [0.05, 0.1) is 5.92 Å². The van der Waals surface area contributed by atoms with Gasteiger partial charge in [0.2, 0.25) is 0 Å². The summed E-state index contributed by atoms with van der Waals surface area (Å²) < 4.78 is 65.4. The Hall–Kier alpha value is -1.62. The van der Waals surface area contributed by atoms with Crippen LogP contribution in [0.1, 0.15) is 39.0 Å². The number of rotatable bonds is 6. The van der Waals surface area contributed by atoms with Gasteiger partial charge in [-0.3, -0.25) is 14.1 Å². The van der Waals surface area contributed by atoms with E-state index in [0.717, 1.165) is 12.8 Å². The van der Waals surface area contributed by atoms with Gasteiger partial charge in [-0.05, 0) is 44.9 Å². The molecule has 4 rings (SSSR count). The van der Waals surface area contributed by atoms with E-state index in [4.69, 9.17) is 9.29 Å². The summed E-state index contributed by atoms with van der Waals surface area (Å²) in [4.78, 5) is 35.6. The monoisotopic (exact) mass is 410 g/mol. The Bertz CT molecular complexity index is 759. The second kappa shape index (κ2) is 6.47. The Labute approximate surface area is 154 Å². The molecule has 27 heavy (non-hydrogen) atoms. The average Bonchev–Trinajstić information content (AvgIpc) is 2.54. The lowest BCUT2D eigenvalue weighted by Crippen LogP contribution is -2.57. The van der Waals surface area contributed by atoms with Crippen LogP contribution in [-0.2, 0) is 34.0 Å². The highest BCUT2D eigenvalue weighted by Crippen LogP contribution is 2.55. The first kappa shape index (κ1) is 20.1. The SMILES string of the molecule is CC(COC(=O)C(F)(F)S(=O)(=O)O)C(=O)OC12CC3CC(C1)C(=O)C(C3)C2. The first-order valence-electron chi connectivity index (χ1n) is 8.63. The van der Waals surface area contributed by atoms with Gasteiger partial charge in [0.25, 0.3) is 0 Å². The third-order valence-electron chi connectivity index (χ3n) is 5.68. The smallest absolute Gasteiger partial charge is 0.459 e. The maximum Gasteiger partial charge on any atom is 0.465 e. The second-order valence-corrected chi connectivity index (χ2v) is 9.30. The van der Waals surface area contributed by atoms with Crippen LogP contribution in [0.5, 0.6) is 0 Å². The van der Waals surface area contributed by atoms with E-state index in [1.165, 1.54) is 6.92 Å². The van der Waals surface area contributed by atoms with Crippen LogP contribution in [0.4, 0.5) is 8.78 Å². The minimum atomic E-state index is -5.97. The average molecular weight is 410 g/mol. The van der Waals surface area contributed by atoms with Crippen molar-refractivity contribution >= 4 is 27.8 Å². The number of carbonyl (C=O) groups excluding carboxylic acids is 3. The van der Waals surface area contributed by atoms with Crippen LogP contribution in [0.2, 0.25) is 0 Å². The van der Waals surface area contributed by atoms with Gasteiger partial charge in [-0.2, -0.15) is 17.2 Å². The topological polar surface area (TPSA) is 124 Å². The minimum absolute atomic E-state index is 0.120. The largest absolute Gasteiger partial charge is 0.465 e. The van der Waals surface area contributed by atoms with Gasteiger partial charge < -0.3 is 9.47 Å². The molecule has 0 heterocycles. The molecule has 0 radical (unpaired) electrons. The van der Waals surface area contributed by atoms with E-state index < -0.39 is 45.4 Å². The number of alkyl halides is 2. The van der Waals surface area contributed by atoms with Crippen molar-refractivity contribution < 1.29 is 45.6 Å². The summed E-state index contributed by atoms with van der Waals surface area (Å²) in [5.74, 6) is -4.06. The van der Waals surface area contributed by atoms with Crippen LogP contribution in [0.15, 0.2) is 0 Å². The van der Waals surface area contributed by atoms with Crippen molar-refractivity contribution in [3.8, 4) is 0 Å². The molecule has 0 aliphatic heterocycles. The van der Waals surface area contributed by atoms with Gasteiger partial charge in [0, 0.05) is 11.8 Å². The number of halogens is 2. The first-order chi connectivity index (χ1) is 12.3. The van der Waals surface area contributed by atoms with Crippen LogP contribution < -0.4 is 0 Å². The molecule has 11 heteroatoms. The van der Waals surface area contributed by atoms with Gasteiger partial charge in [0.15, 0.2) is 0 Å². The fourth-order valence-corrected chi connectivity index (χ4v) is 4.84. The Morgan fingerprint density at radius 3 is 2.33 bits per heavy atom. The van der Waals surface area contributed by atoms with E-state index in [0.29, 0.717) is 25.2 Å². The van der Waals surface area contributed by atoms with Gasteiger partial charge >= 0.3 is 27.3 Å². The van der Waals surface area contributed by atoms with Crippen molar-refractivity contribution in [1.29, 1.82) is 0 Å². The van der Waals surface area contributed by atoms with Gasteiger partial charge in [-0.25, -0.2) is 4.79 Å². The minimum Gasteiger partial charge on any atom is -0.459 e. The molecule has 8 nitrogen and oxygen atoms in total. The molecule has 0 saturated heterocycles. The Morgan fingerprint density at radius 1 is 1.26 bits per heavy atom. The summed E-state index contributed by atoms with van der Waals surface area (Å²) in [5.41, 5.74) is -0.752. The molecule has 152 valence electrons. The fourth-order valence-electron chi connectivity index (χ4n) is 4.57. The van der Waals surface area contributed by atoms with E-state index >= 15 is 0 Å². The maximum absolute atomic E-state index is 13.1. The standard InChI is InChI=1S/C16H20F2O8S/c1-8(7-25-14(21)16(17,18)27(22,23)24)13(20)26-15-4-9-2-10(5-15)12(19)11(3-9)6-15/h8-11H,2-7H2,1H3,(H,22,23,24). The van der Waals surface area contributed by atoms with E-state index in [1.54, 1.807) is 0 Å². The number of carbonyl (C=O) groups is 3. The summed E-state index contributed by atoms with van der Waals surface area (Å²) in [6.07, 6.45) is 3.13. The van der Waals surface area contributed by atoms with Gasteiger partial charge in [0.1, 0.15) is 18.0 Å². The van der Waals surface area contributed by atoms with Crippen molar-refractivity contribution in [2.24, 2.45) is 23.7 Å². The summed E-state index contributed by atoms with van der Waals surface area (Å²) >= 11 is 0. The van der Waals surface area contributed by atoms with Gasteiger partial charge in [-0.1, -0.05) is 0 Å². The molecule has 4 saturated carbocycles. The lowest BCUT2D eigenvalue weighted by atomic mass is 9.53. The zero-order valence-electron chi connectivity index (χ0n) is 14.5. The summed E-state index contributed by atoms with van der Waals surface area (Å²) in [7, 11) is -5.97. The molecule has 0 aromatic heterocycles. The quantitative estimate of drug-likeness (QED) is 0.514. The number of hydrogen-bond acceptors (Lipinski definition) is 7. The molecule has 3 atom stereocenters. The van der Waals surface area contributed by atoms with Crippen LogP contribution in [0, 0.1) is 23.7 Å². The highest BCUT2D eigenvalue weighted by Gasteiger charge is 2.57. The van der Waals surface area contributed by atoms with Crippen molar-refractivity contribution in [2.45, 2.75) is 49.9 Å². The summed E-state index contributed by atoms with van der Waals surface area (Å²) in [5, 5.41) is -5.11. The third-order valence-corrected chi connectivity index (χ3v) is 6.50. The van der Waals surface area contributed by atoms with E-state index in [1.807, 2.05) is 0 Å². The fraction of sp³-hybridized carbons (Fsp3) is 0.812. The molecule has 0 amide bonds. The third kappa shape index (κ3) is 3.58. The van der Waals surface area contributed by atoms with E-state index in [9.17, 15) is 31.6 Å². The van der Waals surface area contributed by atoms with Crippen molar-refractivity contribution in [3.63, 3.8) is 0 Å². The number of esters is 2. The highest BCUT2D eigenvalue weighted by atomic mass is 32.2. The number of hydrogen-bond donors (Lipinski definition) is 1. The number of Topliss-reactive ketones (excluding diaryl/α,β-unsaturated/α-hetero) is 1. The zero-order chi connectivity index (χ0) is 20.2. The van der Waals surface area contributed by atoms with E-state index in [-0.39, 0.29) is 17.6 Å². The van der Waals surface area contributed by atoms with Gasteiger partial charge in [-0.15, -0.1) is 0 Å². The van der Waals surface area contributed by atoms with Crippen LogP contribution in [0.3, 0.4) is 0 Å². The Morgan fingerprint density at radius 2 is 1.81 bits per heavy atom. The molecule has 4 aliphatic carbocycles. The molecule has 0 aromatic rings. The molecule has 1 N–H and O–H groups in total. The van der Waals surface area contributed by atoms with Crippen molar-refractivity contribution in [3.05, 3.63) is 0 Å². The lowest BCUT2D eigenvalue weighted by molar-refractivity contribution is -0.194. The predicted molar refractivity (Wildman–Crippen MR) is 84.0 cm³/mol. The highest BCUT2D eigenvalue weighted by molar-refractivity contribution is 7.87. The second-order valence-electron chi connectivity index (χ2n) is 7.84. The van der Waals surface area contributed by atoms with E-state index in [2.05, 4.69) is 4.74 Å². The number of ketones is 1. The molecular weight excluding hydrogens is 390 g/mol. The van der Waals surface area contributed by atoms with Crippen LogP contribution in [0.25, 0.3) is 0 Å². The number of ether oxygens (including phenoxy) is 2. The Balaban J connectivity index is 1.57. The first-order valence-corrected chi connectivity index (χ1v) is 10.1. The van der Waals surface area contributed by atoms with Crippen molar-refractivity contribution in [1.82, 2.24) is 0 Å². The summed E-state index contributed by atoms with van der Waals surface area (Å²) in [6.45, 7) is 0.459. The predicted octanol–water partition coefficient (Wildman–Crippen LogP) is 1.34. The molecule has 4 aliphatic rings. The Kier molecular flexibility index (Phi) is 4.82. The zero-order valence-corrected chi connectivity index (χ0v) is 15.3. The normalized spacial score (nSPS) is 33.6. The molecule has 0 spiro atoms. The molecule has 0 aromatic carbocycles. The van der Waals surface area contributed by atoms with Crippen LogP contribution >= 0.6 is 0 Å². The van der Waals surface area contributed by atoms with Crippen LogP contribution in [-0.4, -0.2) is 48.2 Å². The lowest BCUT2D eigenvalue weighted by Gasteiger charge is -2.54. The molecular formula is C16H20F2O8S. The molecule has 3 unspecified atom stereocenters. The maximum atomic E-state index is 13.1. The van der Waals surface area contributed by atoms with Crippen molar-refractivity contribution in [2.75, 3.05) is 6.61 Å². The summed E-state index contributed by atoms with van der Waals surface area (Å²) in [6, 6.07) is 0. The molecule has 4 bridgehead atoms.